The molecule has 4 N–H and O–H groups in total. The van der Waals surface area contributed by atoms with Crippen molar-refractivity contribution in [2.45, 2.75) is 63.3 Å². The maximum Gasteiger partial charge on any atom is 0.407 e. The van der Waals surface area contributed by atoms with Crippen molar-refractivity contribution in [1.82, 2.24) is 20.9 Å². The van der Waals surface area contributed by atoms with Crippen LogP contribution in [0, 0.1) is 0 Å². The van der Waals surface area contributed by atoms with Gasteiger partial charge in [0.1, 0.15) is 18.7 Å². The molecule has 10 nitrogen and oxygen atoms in total. The van der Waals surface area contributed by atoms with E-state index in [-0.39, 0.29) is 31.5 Å². The number of nitrogens with zero attached hydrogens (tertiary/aromatic N) is 1. The zero-order valence-electron chi connectivity index (χ0n) is 18.6. The summed E-state index contributed by atoms with van der Waals surface area (Å²) >= 11 is 0. The van der Waals surface area contributed by atoms with Gasteiger partial charge < -0.3 is 30.7 Å². The van der Waals surface area contributed by atoms with Crippen LogP contribution in [0.15, 0.2) is 30.3 Å². The van der Waals surface area contributed by atoms with E-state index in [1.807, 2.05) is 30.3 Å². The Morgan fingerprint density at radius 1 is 1.15 bits per heavy atom. The van der Waals surface area contributed by atoms with Crippen molar-refractivity contribution in [3.63, 3.8) is 0 Å². The van der Waals surface area contributed by atoms with Crippen LogP contribution >= 0.6 is 0 Å². The number of benzene rings is 1. The molecule has 0 aromatic heterocycles. The first-order chi connectivity index (χ1) is 16.0. The molecule has 0 aliphatic carbocycles. The Hall–Kier alpha value is -3.14. The van der Waals surface area contributed by atoms with Crippen molar-refractivity contribution in [2.24, 2.45) is 0 Å². The number of alkyl carbamates (subject to hydrolysis) is 1. The van der Waals surface area contributed by atoms with Crippen molar-refractivity contribution in [3.8, 4) is 0 Å². The standard InChI is InChI=1S/C23H32N4O6/c28-20(19-11-6-14-27(19)21(29)17-9-4-12-24-17)26-18(22(30)31)10-5-13-25-23(32)33-15-16-7-2-1-3-8-16/h1-3,7-8,17-19,24H,4-6,9-15H2,(H,25,32)(H,26,28)(H,30,31)/t17-,18?,19-/m0/s1. The second kappa shape index (κ2) is 12.2. The molecular weight excluding hydrogens is 428 g/mol. The van der Waals surface area contributed by atoms with Crippen molar-refractivity contribution >= 4 is 23.9 Å². The van der Waals surface area contributed by atoms with Crippen LogP contribution in [0.3, 0.4) is 0 Å². The monoisotopic (exact) mass is 460 g/mol. The average molecular weight is 461 g/mol. The molecule has 2 aliphatic heterocycles. The molecule has 0 saturated carbocycles. The summed E-state index contributed by atoms with van der Waals surface area (Å²) < 4.78 is 5.11. The Balaban J connectivity index is 1.40. The number of ether oxygens (including phenoxy) is 1. The summed E-state index contributed by atoms with van der Waals surface area (Å²) in [5.41, 5.74) is 0.865. The number of carbonyl (C=O) groups is 4. The summed E-state index contributed by atoms with van der Waals surface area (Å²) in [4.78, 5) is 50.5. The van der Waals surface area contributed by atoms with Gasteiger partial charge in [0.05, 0.1) is 6.04 Å². The van der Waals surface area contributed by atoms with Gasteiger partial charge in [-0.25, -0.2) is 9.59 Å². The summed E-state index contributed by atoms with van der Waals surface area (Å²) in [6, 6.07) is 7.26. The minimum Gasteiger partial charge on any atom is -0.480 e. The fourth-order valence-corrected chi connectivity index (χ4v) is 4.19. The van der Waals surface area contributed by atoms with E-state index in [1.54, 1.807) is 4.90 Å². The van der Waals surface area contributed by atoms with Gasteiger partial charge in [-0.3, -0.25) is 9.59 Å². The molecule has 3 amide bonds. The zero-order chi connectivity index (χ0) is 23.6. The van der Waals surface area contributed by atoms with Crippen molar-refractivity contribution in [1.29, 1.82) is 0 Å². The lowest BCUT2D eigenvalue weighted by Crippen LogP contribution is -2.53. The quantitative estimate of drug-likeness (QED) is 0.382. The van der Waals surface area contributed by atoms with Crippen molar-refractivity contribution in [2.75, 3.05) is 19.6 Å². The van der Waals surface area contributed by atoms with Gasteiger partial charge in [0, 0.05) is 13.1 Å². The molecule has 3 rings (SSSR count). The molecule has 3 atom stereocenters. The van der Waals surface area contributed by atoms with Crippen LogP contribution < -0.4 is 16.0 Å². The molecular formula is C23H32N4O6. The summed E-state index contributed by atoms with van der Waals surface area (Å²) in [6.45, 7) is 1.65. The summed E-state index contributed by atoms with van der Waals surface area (Å²) in [6.07, 6.45) is 2.81. The molecule has 10 heteroatoms. The SMILES string of the molecule is O=C(NCCCC(NC(=O)[C@@H]1CCCN1C(=O)[C@@H]1CCCN1)C(=O)O)OCc1ccccc1. The average Bonchev–Trinajstić information content (AvgIpc) is 3.52. The van der Waals surface area contributed by atoms with E-state index in [2.05, 4.69) is 16.0 Å². The second-order valence-corrected chi connectivity index (χ2v) is 8.37. The van der Waals surface area contributed by atoms with Gasteiger partial charge in [0.15, 0.2) is 0 Å². The molecule has 0 spiro atoms. The van der Waals surface area contributed by atoms with Crippen LogP contribution in [0.1, 0.15) is 44.1 Å². The Labute approximate surface area is 193 Å². The lowest BCUT2D eigenvalue weighted by Gasteiger charge is -2.27. The minimum absolute atomic E-state index is 0.0877. The highest BCUT2D eigenvalue weighted by atomic mass is 16.5. The van der Waals surface area contributed by atoms with E-state index in [0.29, 0.717) is 25.8 Å². The molecule has 2 saturated heterocycles. The Kier molecular flexibility index (Phi) is 9.05. The molecule has 0 bridgehead atoms. The van der Waals surface area contributed by atoms with Crippen LogP contribution in [-0.2, 0) is 25.7 Å². The van der Waals surface area contributed by atoms with Gasteiger partial charge >= 0.3 is 12.1 Å². The summed E-state index contributed by atoms with van der Waals surface area (Å²) in [5.74, 6) is -1.68. The first-order valence-electron chi connectivity index (χ1n) is 11.5. The predicted octanol–water partition coefficient (Wildman–Crippen LogP) is 1.01. The molecule has 33 heavy (non-hydrogen) atoms. The zero-order valence-corrected chi connectivity index (χ0v) is 18.6. The van der Waals surface area contributed by atoms with Gasteiger partial charge in [0.25, 0.3) is 0 Å². The normalized spacial score (nSPS) is 20.8. The molecule has 0 radical (unpaired) electrons. The van der Waals surface area contributed by atoms with E-state index in [1.165, 1.54) is 0 Å². The van der Waals surface area contributed by atoms with Crippen molar-refractivity contribution in [3.05, 3.63) is 35.9 Å². The number of carboxylic acids is 1. The topological polar surface area (TPSA) is 137 Å². The predicted molar refractivity (Wildman–Crippen MR) is 119 cm³/mol. The van der Waals surface area contributed by atoms with Crippen molar-refractivity contribution < 1.29 is 29.0 Å². The Morgan fingerprint density at radius 2 is 1.94 bits per heavy atom. The molecule has 1 aromatic carbocycles. The fourth-order valence-electron chi connectivity index (χ4n) is 4.19. The van der Waals surface area contributed by atoms with Gasteiger partial charge in [-0.05, 0) is 50.6 Å². The molecule has 180 valence electrons. The third-order valence-electron chi connectivity index (χ3n) is 5.96. The second-order valence-electron chi connectivity index (χ2n) is 8.37. The molecule has 2 aliphatic rings. The van der Waals surface area contributed by atoms with Crippen LogP contribution in [0.25, 0.3) is 0 Å². The summed E-state index contributed by atoms with van der Waals surface area (Å²) in [5, 5.41) is 17.8. The third-order valence-corrected chi connectivity index (χ3v) is 5.96. The van der Waals surface area contributed by atoms with E-state index in [9.17, 15) is 24.3 Å². The number of nitrogens with one attached hydrogen (secondary N) is 3. The molecule has 2 fully saturated rings. The number of carbonyl (C=O) groups excluding carboxylic acids is 3. The number of amides is 3. The highest BCUT2D eigenvalue weighted by molar-refractivity contribution is 5.92. The molecule has 1 aromatic rings. The number of hydrogen-bond acceptors (Lipinski definition) is 6. The fraction of sp³-hybridized carbons (Fsp3) is 0.565. The van der Waals surface area contributed by atoms with Gasteiger partial charge in [0.2, 0.25) is 11.8 Å². The minimum atomic E-state index is -1.15. The first-order valence-corrected chi connectivity index (χ1v) is 11.5. The highest BCUT2D eigenvalue weighted by Crippen LogP contribution is 2.21. The lowest BCUT2D eigenvalue weighted by atomic mass is 10.1. The lowest BCUT2D eigenvalue weighted by molar-refractivity contribution is -0.144. The first kappa shape index (κ1) is 24.5. The largest absolute Gasteiger partial charge is 0.480 e. The number of rotatable bonds is 10. The molecule has 1 unspecified atom stereocenters. The molecule has 2 heterocycles. The van der Waals surface area contributed by atoms with E-state index < -0.39 is 30.1 Å². The smallest absolute Gasteiger partial charge is 0.407 e. The van der Waals surface area contributed by atoms with Gasteiger partial charge in [-0.2, -0.15) is 0 Å². The van der Waals surface area contributed by atoms with Crippen LogP contribution in [0.2, 0.25) is 0 Å². The number of carboxylic acid groups (broad SMARTS) is 1. The Morgan fingerprint density at radius 3 is 2.64 bits per heavy atom. The number of aliphatic carboxylic acids is 1. The van der Waals surface area contributed by atoms with Gasteiger partial charge in [-0.15, -0.1) is 0 Å². The third kappa shape index (κ3) is 7.18. The van der Waals surface area contributed by atoms with E-state index in [0.717, 1.165) is 24.9 Å². The number of likely N-dealkylation sites (tertiary alicyclic amines) is 1. The van der Waals surface area contributed by atoms with Crippen LogP contribution in [0.5, 0.6) is 0 Å². The summed E-state index contributed by atoms with van der Waals surface area (Å²) in [7, 11) is 0. The van der Waals surface area contributed by atoms with Crippen LogP contribution in [-0.4, -0.2) is 71.6 Å². The Bertz CT molecular complexity index is 828. The maximum atomic E-state index is 12.8. The van der Waals surface area contributed by atoms with E-state index >= 15 is 0 Å². The van der Waals surface area contributed by atoms with E-state index in [4.69, 9.17) is 4.74 Å². The van der Waals surface area contributed by atoms with Gasteiger partial charge in [-0.1, -0.05) is 30.3 Å². The van der Waals surface area contributed by atoms with Crippen LogP contribution in [0.4, 0.5) is 4.79 Å². The highest BCUT2D eigenvalue weighted by Gasteiger charge is 2.38. The maximum absolute atomic E-state index is 12.8. The number of hydrogen-bond donors (Lipinski definition) is 4.